The van der Waals surface area contributed by atoms with Crippen molar-refractivity contribution >= 4 is 5.91 Å². The Balaban J connectivity index is 1.30. The lowest BCUT2D eigenvalue weighted by atomic mass is 10.1. The summed E-state index contributed by atoms with van der Waals surface area (Å²) in [5, 5.41) is 3.08. The van der Waals surface area contributed by atoms with Crippen molar-refractivity contribution in [2.75, 3.05) is 32.9 Å². The number of nitrogens with zero attached hydrogens (tertiary/aromatic N) is 3. The molecule has 0 spiro atoms. The summed E-state index contributed by atoms with van der Waals surface area (Å²) in [6.45, 7) is 5.05. The van der Waals surface area contributed by atoms with Crippen LogP contribution in [0.4, 0.5) is 0 Å². The van der Waals surface area contributed by atoms with Crippen LogP contribution in [-0.4, -0.2) is 59.3 Å². The van der Waals surface area contributed by atoms with Crippen LogP contribution in [0.25, 0.3) is 0 Å². The molecular weight excluding hydrogens is 344 g/mol. The van der Waals surface area contributed by atoms with Crippen molar-refractivity contribution in [3.05, 3.63) is 48.5 Å². The summed E-state index contributed by atoms with van der Waals surface area (Å²) < 4.78 is 13.6. The molecule has 2 fully saturated rings. The highest BCUT2D eigenvalue weighted by atomic mass is 16.5. The van der Waals surface area contributed by atoms with Gasteiger partial charge in [0.25, 0.3) is 0 Å². The van der Waals surface area contributed by atoms with Gasteiger partial charge in [-0.2, -0.15) is 0 Å². The standard InChI is InChI=1S/C20H26N4O3/c25-20-17-11-24(12-18(22-20)14-26-13-17)10-16-3-1-4-19(9-16)27-8-2-6-23-7-5-21-15-23/h1,3-5,7,9,15,17-18H,2,6,8,10-14H2,(H,22,25)/t17-,18+/m1/s1. The maximum absolute atomic E-state index is 12.1. The molecule has 0 unspecified atom stereocenters. The Morgan fingerprint density at radius 1 is 1.30 bits per heavy atom. The molecule has 27 heavy (non-hydrogen) atoms. The van der Waals surface area contributed by atoms with E-state index in [2.05, 4.69) is 31.9 Å². The SMILES string of the molecule is O=C1N[C@@H]2COC[C@H]1CN(Cc1cccc(OCCCn3ccnc3)c1)C2. The molecule has 7 heteroatoms. The monoisotopic (exact) mass is 370 g/mol. The summed E-state index contributed by atoms with van der Waals surface area (Å²) in [4.78, 5) is 18.5. The highest BCUT2D eigenvalue weighted by molar-refractivity contribution is 5.79. The van der Waals surface area contributed by atoms with Crippen molar-refractivity contribution in [2.45, 2.75) is 25.6 Å². The Hall–Kier alpha value is -2.38. The minimum absolute atomic E-state index is 0.0765. The molecule has 0 aliphatic carbocycles. The van der Waals surface area contributed by atoms with Crippen LogP contribution in [0.1, 0.15) is 12.0 Å². The fourth-order valence-corrected chi connectivity index (χ4v) is 3.70. The molecule has 2 saturated heterocycles. The third-order valence-corrected chi connectivity index (χ3v) is 5.01. The zero-order valence-electron chi connectivity index (χ0n) is 15.4. The normalized spacial score (nSPS) is 22.9. The van der Waals surface area contributed by atoms with Gasteiger partial charge in [0.05, 0.1) is 38.1 Å². The Morgan fingerprint density at radius 2 is 2.26 bits per heavy atom. The van der Waals surface area contributed by atoms with E-state index >= 15 is 0 Å². The predicted octanol–water partition coefficient (Wildman–Crippen LogP) is 1.30. The van der Waals surface area contributed by atoms with E-state index in [9.17, 15) is 4.79 Å². The smallest absolute Gasteiger partial charge is 0.227 e. The molecule has 1 aromatic carbocycles. The van der Waals surface area contributed by atoms with Crippen LogP contribution >= 0.6 is 0 Å². The van der Waals surface area contributed by atoms with E-state index in [1.54, 1.807) is 6.20 Å². The number of rotatable bonds is 7. The molecule has 2 bridgehead atoms. The van der Waals surface area contributed by atoms with Gasteiger partial charge in [-0.15, -0.1) is 0 Å². The van der Waals surface area contributed by atoms with E-state index in [1.807, 2.05) is 24.7 Å². The number of aryl methyl sites for hydroxylation is 1. The molecule has 2 atom stereocenters. The van der Waals surface area contributed by atoms with Crippen LogP contribution < -0.4 is 10.1 Å². The van der Waals surface area contributed by atoms with Gasteiger partial charge in [-0.25, -0.2) is 4.98 Å². The van der Waals surface area contributed by atoms with Crippen LogP contribution in [0.3, 0.4) is 0 Å². The number of hydrogen-bond acceptors (Lipinski definition) is 5. The lowest BCUT2D eigenvalue weighted by Gasteiger charge is -2.27. The molecule has 0 saturated carbocycles. The van der Waals surface area contributed by atoms with Crippen molar-refractivity contribution in [1.82, 2.24) is 19.8 Å². The number of imidazole rings is 1. The molecule has 1 aromatic heterocycles. The molecule has 2 aliphatic rings. The summed E-state index contributed by atoms with van der Waals surface area (Å²) in [6, 6.07) is 8.32. The highest BCUT2D eigenvalue weighted by Crippen LogP contribution is 2.19. The van der Waals surface area contributed by atoms with Crippen LogP contribution in [0, 0.1) is 5.92 Å². The Kier molecular flexibility index (Phi) is 5.69. The summed E-state index contributed by atoms with van der Waals surface area (Å²) in [5.74, 6) is 0.931. The molecule has 3 heterocycles. The van der Waals surface area contributed by atoms with Crippen LogP contribution in [0.5, 0.6) is 5.75 Å². The molecule has 4 rings (SSSR count). The lowest BCUT2D eigenvalue weighted by Crippen LogP contribution is -2.41. The Labute approximate surface area is 159 Å². The van der Waals surface area contributed by atoms with Gasteiger partial charge in [0.15, 0.2) is 0 Å². The molecule has 1 amide bonds. The van der Waals surface area contributed by atoms with Gasteiger partial charge in [0, 0.05) is 38.6 Å². The van der Waals surface area contributed by atoms with Gasteiger partial charge in [0.1, 0.15) is 5.75 Å². The first-order valence-electron chi connectivity index (χ1n) is 9.54. The second-order valence-electron chi connectivity index (χ2n) is 7.28. The molecule has 144 valence electrons. The van der Waals surface area contributed by atoms with Gasteiger partial charge in [-0.3, -0.25) is 9.69 Å². The predicted molar refractivity (Wildman–Crippen MR) is 100 cm³/mol. The number of carbonyl (C=O) groups is 1. The third-order valence-electron chi connectivity index (χ3n) is 5.01. The minimum Gasteiger partial charge on any atom is -0.494 e. The third kappa shape index (κ3) is 4.87. The largest absolute Gasteiger partial charge is 0.494 e. The number of hydrogen-bond donors (Lipinski definition) is 1. The van der Waals surface area contributed by atoms with E-state index in [-0.39, 0.29) is 17.9 Å². The number of amides is 1. The molecule has 1 N–H and O–H groups in total. The first kappa shape index (κ1) is 18.0. The summed E-state index contributed by atoms with van der Waals surface area (Å²) in [6.07, 6.45) is 6.50. The number of benzene rings is 1. The maximum Gasteiger partial charge on any atom is 0.227 e. The fraction of sp³-hybridized carbons (Fsp3) is 0.500. The number of fused-ring (bicyclic) bond motifs is 3. The van der Waals surface area contributed by atoms with E-state index in [1.165, 1.54) is 5.56 Å². The van der Waals surface area contributed by atoms with Crippen LogP contribution in [0.15, 0.2) is 43.0 Å². The average Bonchev–Trinajstić information content (AvgIpc) is 3.04. The van der Waals surface area contributed by atoms with Gasteiger partial charge in [-0.1, -0.05) is 12.1 Å². The molecule has 2 aromatic rings. The van der Waals surface area contributed by atoms with Crippen molar-refractivity contribution in [2.24, 2.45) is 5.92 Å². The van der Waals surface area contributed by atoms with Crippen molar-refractivity contribution < 1.29 is 14.3 Å². The number of carbonyl (C=O) groups excluding carboxylic acids is 1. The maximum atomic E-state index is 12.1. The summed E-state index contributed by atoms with van der Waals surface area (Å²) in [7, 11) is 0. The van der Waals surface area contributed by atoms with Gasteiger partial charge >= 0.3 is 0 Å². The van der Waals surface area contributed by atoms with Crippen LogP contribution in [0.2, 0.25) is 0 Å². The molecule has 7 nitrogen and oxygen atoms in total. The summed E-state index contributed by atoms with van der Waals surface area (Å²) in [5.41, 5.74) is 1.20. The molecule has 2 aliphatic heterocycles. The van der Waals surface area contributed by atoms with E-state index in [0.29, 0.717) is 19.8 Å². The second kappa shape index (κ2) is 8.54. The first-order valence-corrected chi connectivity index (χ1v) is 9.54. The minimum atomic E-state index is -0.0832. The van der Waals surface area contributed by atoms with Crippen LogP contribution in [-0.2, 0) is 22.6 Å². The molecule has 0 radical (unpaired) electrons. The van der Waals surface area contributed by atoms with E-state index < -0.39 is 0 Å². The number of aromatic nitrogens is 2. The average molecular weight is 370 g/mol. The number of nitrogens with one attached hydrogen (secondary N) is 1. The first-order chi connectivity index (χ1) is 13.3. The van der Waals surface area contributed by atoms with E-state index in [4.69, 9.17) is 9.47 Å². The zero-order chi connectivity index (χ0) is 18.5. The van der Waals surface area contributed by atoms with Crippen molar-refractivity contribution in [3.8, 4) is 5.75 Å². The van der Waals surface area contributed by atoms with Gasteiger partial charge in [0.2, 0.25) is 5.91 Å². The Morgan fingerprint density at radius 3 is 3.15 bits per heavy atom. The molecular formula is C20H26N4O3. The van der Waals surface area contributed by atoms with Gasteiger partial charge < -0.3 is 19.4 Å². The quantitative estimate of drug-likeness (QED) is 0.744. The lowest BCUT2D eigenvalue weighted by molar-refractivity contribution is -0.125. The second-order valence-corrected chi connectivity index (χ2v) is 7.28. The zero-order valence-corrected chi connectivity index (χ0v) is 15.4. The fourth-order valence-electron chi connectivity index (χ4n) is 3.70. The summed E-state index contributed by atoms with van der Waals surface area (Å²) >= 11 is 0. The highest BCUT2D eigenvalue weighted by Gasteiger charge is 2.33. The van der Waals surface area contributed by atoms with E-state index in [0.717, 1.165) is 38.3 Å². The Bertz CT molecular complexity index is 749. The number of ether oxygens (including phenoxy) is 2. The van der Waals surface area contributed by atoms with Gasteiger partial charge in [-0.05, 0) is 24.1 Å². The topological polar surface area (TPSA) is 68.6 Å². The van der Waals surface area contributed by atoms with Crippen molar-refractivity contribution in [3.63, 3.8) is 0 Å². The van der Waals surface area contributed by atoms with Crippen molar-refractivity contribution in [1.29, 1.82) is 0 Å².